The van der Waals surface area contributed by atoms with Gasteiger partial charge in [0.25, 0.3) is 0 Å². The van der Waals surface area contributed by atoms with Gasteiger partial charge in [0, 0.05) is 69.5 Å². The van der Waals surface area contributed by atoms with Crippen LogP contribution in [0.3, 0.4) is 0 Å². The molecule has 3 heterocycles. The molecule has 1 aromatic heterocycles. The van der Waals surface area contributed by atoms with E-state index in [2.05, 4.69) is 42.1 Å². The number of hydrogen-bond donors (Lipinski definition) is 1. The number of aryl methyl sites for hydroxylation is 1. The fourth-order valence-corrected chi connectivity index (χ4v) is 3.76. The molecule has 0 saturated carbocycles. The minimum Gasteiger partial charge on any atom is -0.315 e. The van der Waals surface area contributed by atoms with E-state index in [1.165, 1.54) is 56.9 Å². The highest BCUT2D eigenvalue weighted by Gasteiger charge is 2.28. The van der Waals surface area contributed by atoms with Gasteiger partial charge >= 0.3 is 0 Å². The molecule has 2 aliphatic rings. The van der Waals surface area contributed by atoms with Crippen LogP contribution in [0.1, 0.15) is 38.4 Å². The maximum Gasteiger partial charge on any atom is 0.0722 e. The van der Waals surface area contributed by atoms with E-state index < -0.39 is 0 Å². The van der Waals surface area contributed by atoms with Gasteiger partial charge in [-0.25, -0.2) is 0 Å². The molecule has 2 saturated heterocycles. The average Bonchev–Trinajstić information content (AvgIpc) is 3.09. The molecule has 0 amide bonds. The molecule has 2 fully saturated rings. The van der Waals surface area contributed by atoms with Crippen molar-refractivity contribution in [2.45, 2.75) is 45.2 Å². The van der Waals surface area contributed by atoms with Crippen LogP contribution in [0, 0.1) is 0 Å². The van der Waals surface area contributed by atoms with Crippen LogP contribution in [0.5, 0.6) is 0 Å². The van der Waals surface area contributed by atoms with Crippen LogP contribution in [-0.2, 0) is 19.0 Å². The van der Waals surface area contributed by atoms with Gasteiger partial charge in [-0.3, -0.25) is 14.5 Å². The number of nitrogens with one attached hydrogen (secondary N) is 1. The topological polar surface area (TPSA) is 36.3 Å². The van der Waals surface area contributed by atoms with Gasteiger partial charge in [-0.15, -0.1) is 0 Å². The largest absolute Gasteiger partial charge is 0.315 e. The Morgan fingerprint density at radius 1 is 1.23 bits per heavy atom. The van der Waals surface area contributed by atoms with Crippen LogP contribution >= 0.6 is 0 Å². The minimum absolute atomic E-state index is 0.119. The molecule has 0 aliphatic carbocycles. The third kappa shape index (κ3) is 3.53. The Balaban J connectivity index is 1.59. The second-order valence-corrected chi connectivity index (χ2v) is 7.89. The van der Waals surface area contributed by atoms with Gasteiger partial charge in [-0.1, -0.05) is 20.8 Å². The van der Waals surface area contributed by atoms with E-state index in [1.807, 2.05) is 11.7 Å². The van der Waals surface area contributed by atoms with Gasteiger partial charge in [-0.05, 0) is 13.0 Å². The van der Waals surface area contributed by atoms with Gasteiger partial charge in [0.1, 0.15) is 0 Å². The number of rotatable bonds is 3. The summed E-state index contributed by atoms with van der Waals surface area (Å²) >= 11 is 0. The lowest BCUT2D eigenvalue weighted by atomic mass is 9.89. The van der Waals surface area contributed by atoms with Crippen LogP contribution < -0.4 is 5.32 Å². The highest BCUT2D eigenvalue weighted by atomic mass is 15.3. The van der Waals surface area contributed by atoms with E-state index in [1.54, 1.807) is 0 Å². The van der Waals surface area contributed by atoms with Crippen LogP contribution in [-0.4, -0.2) is 64.9 Å². The summed E-state index contributed by atoms with van der Waals surface area (Å²) in [5, 5.41) is 8.18. The van der Waals surface area contributed by atoms with Crippen molar-refractivity contribution >= 4 is 0 Å². The SMILES string of the molecule is Cn1cc(CN2CCN(C3CCNC3)CC2)c(C(C)(C)C)n1. The molecule has 0 radical (unpaired) electrons. The Kier molecular flexibility index (Phi) is 4.57. The van der Waals surface area contributed by atoms with Crippen LogP contribution in [0.4, 0.5) is 0 Å². The number of hydrogen-bond acceptors (Lipinski definition) is 4. The third-order valence-corrected chi connectivity index (χ3v) is 4.97. The molecule has 1 atom stereocenters. The maximum absolute atomic E-state index is 4.70. The summed E-state index contributed by atoms with van der Waals surface area (Å²) < 4.78 is 1.97. The van der Waals surface area contributed by atoms with E-state index in [4.69, 9.17) is 5.10 Å². The van der Waals surface area contributed by atoms with E-state index in [0.717, 1.165) is 12.6 Å². The van der Waals surface area contributed by atoms with Crippen molar-refractivity contribution in [2.24, 2.45) is 7.05 Å². The second-order valence-electron chi connectivity index (χ2n) is 7.89. The number of aromatic nitrogens is 2. The van der Waals surface area contributed by atoms with Crippen molar-refractivity contribution in [2.75, 3.05) is 39.3 Å². The molecule has 3 rings (SSSR count). The molecule has 0 spiro atoms. The van der Waals surface area contributed by atoms with Gasteiger partial charge in [-0.2, -0.15) is 5.10 Å². The zero-order valence-electron chi connectivity index (χ0n) is 14.6. The standard InChI is InChI=1S/C17H31N5/c1-17(2,3)16-14(12-20(4)19-16)13-21-7-9-22(10-8-21)15-5-6-18-11-15/h12,15,18H,5-11,13H2,1-4H3. The molecule has 1 unspecified atom stereocenters. The van der Waals surface area contributed by atoms with Crippen molar-refractivity contribution < 1.29 is 0 Å². The highest BCUT2D eigenvalue weighted by Crippen LogP contribution is 2.25. The summed E-state index contributed by atoms with van der Waals surface area (Å²) in [5.41, 5.74) is 2.76. The number of nitrogens with zero attached hydrogens (tertiary/aromatic N) is 4. The quantitative estimate of drug-likeness (QED) is 0.910. The molecule has 5 nitrogen and oxygen atoms in total. The zero-order chi connectivity index (χ0) is 15.7. The van der Waals surface area contributed by atoms with E-state index >= 15 is 0 Å². The van der Waals surface area contributed by atoms with Crippen molar-refractivity contribution in [1.82, 2.24) is 24.9 Å². The Labute approximate surface area is 134 Å². The molecule has 0 bridgehead atoms. The normalized spacial score (nSPS) is 25.0. The van der Waals surface area contributed by atoms with Crippen molar-refractivity contribution in [3.63, 3.8) is 0 Å². The Hall–Kier alpha value is -0.910. The first kappa shape index (κ1) is 16.0. The molecule has 2 aliphatic heterocycles. The molecular formula is C17H31N5. The summed E-state index contributed by atoms with van der Waals surface area (Å²) in [7, 11) is 2.03. The summed E-state index contributed by atoms with van der Waals surface area (Å²) in [4.78, 5) is 5.26. The Morgan fingerprint density at radius 3 is 2.55 bits per heavy atom. The van der Waals surface area contributed by atoms with Gasteiger partial charge in [0.15, 0.2) is 0 Å². The highest BCUT2D eigenvalue weighted by molar-refractivity contribution is 5.24. The first-order chi connectivity index (χ1) is 10.4. The average molecular weight is 305 g/mol. The third-order valence-electron chi connectivity index (χ3n) is 4.97. The monoisotopic (exact) mass is 305 g/mol. The fraction of sp³-hybridized carbons (Fsp3) is 0.824. The molecule has 5 heteroatoms. The van der Waals surface area contributed by atoms with E-state index in [9.17, 15) is 0 Å². The summed E-state index contributed by atoms with van der Waals surface area (Å²) in [6.45, 7) is 14.9. The summed E-state index contributed by atoms with van der Waals surface area (Å²) in [6.07, 6.45) is 3.52. The van der Waals surface area contributed by atoms with E-state index in [0.29, 0.717) is 0 Å². The van der Waals surface area contributed by atoms with Crippen LogP contribution in [0.2, 0.25) is 0 Å². The predicted molar refractivity (Wildman–Crippen MR) is 90.0 cm³/mol. The summed E-state index contributed by atoms with van der Waals surface area (Å²) in [5.74, 6) is 0. The summed E-state index contributed by atoms with van der Waals surface area (Å²) in [6, 6.07) is 0.769. The van der Waals surface area contributed by atoms with E-state index in [-0.39, 0.29) is 5.41 Å². The first-order valence-corrected chi connectivity index (χ1v) is 8.63. The van der Waals surface area contributed by atoms with Crippen molar-refractivity contribution in [3.8, 4) is 0 Å². The van der Waals surface area contributed by atoms with Gasteiger partial charge < -0.3 is 5.32 Å². The van der Waals surface area contributed by atoms with Crippen LogP contribution in [0.25, 0.3) is 0 Å². The van der Waals surface area contributed by atoms with Gasteiger partial charge in [0.2, 0.25) is 0 Å². The Morgan fingerprint density at radius 2 is 1.95 bits per heavy atom. The zero-order valence-corrected chi connectivity index (χ0v) is 14.6. The molecule has 22 heavy (non-hydrogen) atoms. The Bertz CT molecular complexity index is 488. The molecule has 124 valence electrons. The lowest BCUT2D eigenvalue weighted by molar-refractivity contribution is 0.0978. The molecule has 1 aromatic rings. The van der Waals surface area contributed by atoms with Gasteiger partial charge in [0.05, 0.1) is 5.69 Å². The molecular weight excluding hydrogens is 274 g/mol. The smallest absolute Gasteiger partial charge is 0.0722 e. The molecule has 1 N–H and O–H groups in total. The molecule has 0 aromatic carbocycles. The maximum atomic E-state index is 4.70. The first-order valence-electron chi connectivity index (χ1n) is 8.63. The fourth-order valence-electron chi connectivity index (χ4n) is 3.76. The van der Waals surface area contributed by atoms with Crippen molar-refractivity contribution in [3.05, 3.63) is 17.5 Å². The minimum atomic E-state index is 0.119. The van der Waals surface area contributed by atoms with Crippen LogP contribution in [0.15, 0.2) is 6.20 Å². The lowest BCUT2D eigenvalue weighted by Gasteiger charge is -2.38. The lowest BCUT2D eigenvalue weighted by Crippen LogP contribution is -2.50. The van der Waals surface area contributed by atoms with Crippen molar-refractivity contribution in [1.29, 1.82) is 0 Å². The predicted octanol–water partition coefficient (Wildman–Crippen LogP) is 1.20. The second kappa shape index (κ2) is 6.30. The number of piperazine rings is 1.